The van der Waals surface area contributed by atoms with Crippen LogP contribution in [0.3, 0.4) is 0 Å². The summed E-state index contributed by atoms with van der Waals surface area (Å²) in [7, 11) is 3.57. The molecule has 0 amide bonds. The lowest BCUT2D eigenvalue weighted by Crippen LogP contribution is -2.13. The van der Waals surface area contributed by atoms with E-state index in [1.54, 1.807) is 13.4 Å². The minimum Gasteiger partial charge on any atom is -0.383 e. The molecule has 0 aliphatic heterocycles. The zero-order valence-electron chi connectivity index (χ0n) is 7.45. The van der Waals surface area contributed by atoms with E-state index < -0.39 is 0 Å². The van der Waals surface area contributed by atoms with Crippen molar-refractivity contribution >= 4 is 0 Å². The van der Waals surface area contributed by atoms with Gasteiger partial charge >= 0.3 is 0 Å². The highest BCUT2D eigenvalue weighted by Crippen LogP contribution is 1.93. The fraction of sp³-hybridized carbons (Fsp3) is 0.714. The second-order valence-electron chi connectivity index (χ2n) is 2.46. The highest BCUT2D eigenvalue weighted by atomic mass is 16.5. The Hall–Kier alpha value is -0.940. The normalized spacial score (nSPS) is 10.5. The van der Waals surface area contributed by atoms with Crippen LogP contribution in [-0.4, -0.2) is 35.5 Å². The zero-order valence-corrected chi connectivity index (χ0v) is 7.45. The van der Waals surface area contributed by atoms with E-state index in [2.05, 4.69) is 15.5 Å². The lowest BCUT2D eigenvalue weighted by atomic mass is 10.5. The average molecular weight is 170 g/mol. The average Bonchev–Trinajstić information content (AvgIpc) is 2.50. The summed E-state index contributed by atoms with van der Waals surface area (Å²) in [5.74, 6) is 0.939. The van der Waals surface area contributed by atoms with E-state index in [9.17, 15) is 0 Å². The Morgan fingerprint density at radius 1 is 1.67 bits per heavy atom. The molecule has 0 bridgehead atoms. The fourth-order valence-electron chi connectivity index (χ4n) is 0.950. The molecule has 0 aliphatic rings. The largest absolute Gasteiger partial charge is 0.383 e. The van der Waals surface area contributed by atoms with Crippen LogP contribution < -0.4 is 5.32 Å². The second-order valence-corrected chi connectivity index (χ2v) is 2.46. The van der Waals surface area contributed by atoms with Gasteiger partial charge in [0.05, 0.1) is 13.2 Å². The number of hydrogen-bond donors (Lipinski definition) is 1. The number of nitrogens with one attached hydrogen (secondary N) is 1. The Morgan fingerprint density at radius 2 is 2.50 bits per heavy atom. The Bertz CT molecular complexity index is 223. The van der Waals surface area contributed by atoms with E-state index in [0.717, 1.165) is 18.9 Å². The van der Waals surface area contributed by atoms with Gasteiger partial charge in [-0.2, -0.15) is 0 Å². The predicted molar refractivity (Wildman–Crippen MR) is 44.7 cm³/mol. The van der Waals surface area contributed by atoms with Crippen LogP contribution in [0.4, 0.5) is 0 Å². The molecular weight excluding hydrogens is 156 g/mol. The van der Waals surface area contributed by atoms with Crippen LogP contribution in [0.5, 0.6) is 0 Å². The van der Waals surface area contributed by atoms with Gasteiger partial charge in [-0.05, 0) is 7.05 Å². The van der Waals surface area contributed by atoms with E-state index in [0.29, 0.717) is 6.61 Å². The van der Waals surface area contributed by atoms with E-state index in [-0.39, 0.29) is 0 Å². The van der Waals surface area contributed by atoms with Crippen LogP contribution in [-0.2, 0) is 17.8 Å². The summed E-state index contributed by atoms with van der Waals surface area (Å²) in [6, 6.07) is 0. The number of aromatic nitrogens is 3. The topological polar surface area (TPSA) is 52.0 Å². The SMILES string of the molecule is CNCc1nncn1CCOC. The third kappa shape index (κ3) is 2.28. The number of methoxy groups -OCH3 is 1. The maximum absolute atomic E-state index is 4.95. The predicted octanol–water partition coefficient (Wildman–Crippen LogP) is -0.356. The highest BCUT2D eigenvalue weighted by molar-refractivity contribution is 4.84. The van der Waals surface area contributed by atoms with Crippen molar-refractivity contribution in [3.8, 4) is 0 Å². The molecule has 5 heteroatoms. The van der Waals surface area contributed by atoms with E-state index in [4.69, 9.17) is 4.74 Å². The molecule has 0 atom stereocenters. The first-order valence-corrected chi connectivity index (χ1v) is 3.88. The van der Waals surface area contributed by atoms with Crippen molar-refractivity contribution in [3.05, 3.63) is 12.2 Å². The number of hydrogen-bond acceptors (Lipinski definition) is 4. The van der Waals surface area contributed by atoms with Crippen LogP contribution >= 0.6 is 0 Å². The van der Waals surface area contributed by atoms with Gasteiger partial charge in [-0.15, -0.1) is 10.2 Å². The quantitative estimate of drug-likeness (QED) is 0.656. The van der Waals surface area contributed by atoms with E-state index in [1.165, 1.54) is 0 Å². The van der Waals surface area contributed by atoms with Gasteiger partial charge in [0.15, 0.2) is 0 Å². The van der Waals surface area contributed by atoms with Crippen molar-refractivity contribution in [2.45, 2.75) is 13.1 Å². The Morgan fingerprint density at radius 3 is 3.17 bits per heavy atom. The molecule has 0 spiro atoms. The lowest BCUT2D eigenvalue weighted by Gasteiger charge is -2.04. The summed E-state index contributed by atoms with van der Waals surface area (Å²) in [5.41, 5.74) is 0. The fourth-order valence-corrected chi connectivity index (χ4v) is 0.950. The van der Waals surface area contributed by atoms with Crippen molar-refractivity contribution in [2.24, 2.45) is 0 Å². The molecule has 1 rings (SSSR count). The molecule has 68 valence electrons. The highest BCUT2D eigenvalue weighted by Gasteiger charge is 2.00. The molecular formula is C7H14N4O. The van der Waals surface area contributed by atoms with Gasteiger partial charge in [0.2, 0.25) is 0 Å². The van der Waals surface area contributed by atoms with Gasteiger partial charge in [-0.1, -0.05) is 0 Å². The minimum atomic E-state index is 0.689. The van der Waals surface area contributed by atoms with Gasteiger partial charge in [0.1, 0.15) is 12.2 Å². The van der Waals surface area contributed by atoms with Crippen LogP contribution in [0, 0.1) is 0 Å². The molecule has 12 heavy (non-hydrogen) atoms. The second kappa shape index (κ2) is 4.84. The summed E-state index contributed by atoms with van der Waals surface area (Å²) in [6.07, 6.45) is 1.71. The summed E-state index contributed by atoms with van der Waals surface area (Å²) in [5, 5.41) is 10.8. The number of ether oxygens (including phenoxy) is 1. The van der Waals surface area contributed by atoms with Crippen molar-refractivity contribution in [3.63, 3.8) is 0 Å². The molecule has 0 fully saturated rings. The van der Waals surface area contributed by atoms with Crippen molar-refractivity contribution in [1.82, 2.24) is 20.1 Å². The van der Waals surface area contributed by atoms with Crippen LogP contribution in [0.25, 0.3) is 0 Å². The van der Waals surface area contributed by atoms with Gasteiger partial charge in [0.25, 0.3) is 0 Å². The monoisotopic (exact) mass is 170 g/mol. The van der Waals surface area contributed by atoms with Gasteiger partial charge < -0.3 is 14.6 Å². The molecule has 0 unspecified atom stereocenters. The van der Waals surface area contributed by atoms with E-state index >= 15 is 0 Å². The molecule has 0 saturated carbocycles. The van der Waals surface area contributed by atoms with Crippen molar-refractivity contribution < 1.29 is 4.74 Å². The Kier molecular flexibility index (Phi) is 3.69. The summed E-state index contributed by atoms with van der Waals surface area (Å²) in [6.45, 7) is 2.24. The molecule has 1 heterocycles. The standard InChI is InChI=1S/C7H14N4O/c1-8-5-7-10-9-6-11(7)3-4-12-2/h6,8H,3-5H2,1-2H3. The first-order valence-electron chi connectivity index (χ1n) is 3.88. The number of nitrogens with zero attached hydrogens (tertiary/aromatic N) is 3. The zero-order chi connectivity index (χ0) is 8.81. The first-order chi connectivity index (χ1) is 5.88. The molecule has 5 nitrogen and oxygen atoms in total. The molecule has 0 saturated heterocycles. The smallest absolute Gasteiger partial charge is 0.146 e. The van der Waals surface area contributed by atoms with Gasteiger partial charge in [-0.25, -0.2) is 0 Å². The van der Waals surface area contributed by atoms with Crippen molar-refractivity contribution in [1.29, 1.82) is 0 Å². The molecule has 1 N–H and O–H groups in total. The molecule has 0 radical (unpaired) electrons. The summed E-state index contributed by atoms with van der Waals surface area (Å²) >= 11 is 0. The van der Waals surface area contributed by atoms with Crippen molar-refractivity contribution in [2.75, 3.05) is 20.8 Å². The third-order valence-corrected chi connectivity index (χ3v) is 1.57. The summed E-state index contributed by atoms with van der Waals surface area (Å²) < 4.78 is 6.92. The first kappa shape index (κ1) is 9.15. The third-order valence-electron chi connectivity index (χ3n) is 1.57. The molecule has 1 aromatic heterocycles. The maximum atomic E-state index is 4.95. The molecule has 0 aliphatic carbocycles. The Balaban J connectivity index is 2.51. The molecule has 0 aromatic carbocycles. The lowest BCUT2D eigenvalue weighted by molar-refractivity contribution is 0.186. The van der Waals surface area contributed by atoms with Crippen LogP contribution in [0.2, 0.25) is 0 Å². The number of rotatable bonds is 5. The van der Waals surface area contributed by atoms with E-state index in [1.807, 2.05) is 11.6 Å². The Labute approximate surface area is 71.7 Å². The van der Waals surface area contributed by atoms with Crippen LogP contribution in [0.15, 0.2) is 6.33 Å². The van der Waals surface area contributed by atoms with Crippen LogP contribution in [0.1, 0.15) is 5.82 Å². The van der Waals surface area contributed by atoms with Gasteiger partial charge in [-0.3, -0.25) is 0 Å². The summed E-state index contributed by atoms with van der Waals surface area (Å²) in [4.78, 5) is 0. The molecule has 1 aromatic rings. The van der Waals surface area contributed by atoms with Gasteiger partial charge in [0, 0.05) is 13.7 Å². The minimum absolute atomic E-state index is 0.689. The maximum Gasteiger partial charge on any atom is 0.146 e.